The van der Waals surface area contributed by atoms with Gasteiger partial charge in [-0.3, -0.25) is 4.79 Å². The van der Waals surface area contributed by atoms with Crippen molar-refractivity contribution < 1.29 is 33.6 Å². The first kappa shape index (κ1) is 28.4. The van der Waals surface area contributed by atoms with Crippen molar-refractivity contribution in [3.63, 3.8) is 0 Å². The van der Waals surface area contributed by atoms with Gasteiger partial charge in [0.05, 0.1) is 31.3 Å². The van der Waals surface area contributed by atoms with Gasteiger partial charge in [0.15, 0.2) is 0 Å². The fraction of sp³-hybridized carbons (Fsp3) is 0.538. The zero-order valence-corrected chi connectivity index (χ0v) is 20.4. The number of esters is 1. The molecule has 1 rings (SSSR count). The summed E-state index contributed by atoms with van der Waals surface area (Å²) in [6.07, 6.45) is 1.71. The fourth-order valence-corrected chi connectivity index (χ4v) is 2.62. The van der Waals surface area contributed by atoms with Crippen molar-refractivity contribution in [1.29, 1.82) is 0 Å². The molecule has 0 aliphatic carbocycles. The predicted octanol–water partition coefficient (Wildman–Crippen LogP) is 4.83. The van der Waals surface area contributed by atoms with Crippen LogP contribution in [0.15, 0.2) is 54.6 Å². The molecule has 0 bridgehead atoms. The molecule has 0 saturated carbocycles. The minimum Gasteiger partial charge on any atom is -0.463 e. The van der Waals surface area contributed by atoms with E-state index in [-0.39, 0.29) is 31.7 Å². The average molecular weight is 463 g/mol. The normalized spacial score (nSPS) is 14.4. The van der Waals surface area contributed by atoms with Crippen LogP contribution in [-0.4, -0.2) is 49.3 Å². The molecular formula is C26H38O7. The van der Waals surface area contributed by atoms with Crippen LogP contribution in [0.5, 0.6) is 0 Å². The molecule has 7 nitrogen and oxygen atoms in total. The molecule has 0 saturated heterocycles. The molecule has 184 valence electrons. The van der Waals surface area contributed by atoms with Gasteiger partial charge in [-0.15, -0.1) is 0 Å². The molecular weight excluding hydrogens is 424 g/mol. The monoisotopic (exact) mass is 462 g/mol. The number of aliphatic hydroxyl groups is 1. The van der Waals surface area contributed by atoms with E-state index in [0.29, 0.717) is 13.0 Å². The lowest BCUT2D eigenvalue weighted by Gasteiger charge is -2.23. The Bertz CT molecular complexity index is 765. The minimum absolute atomic E-state index is 0.0953. The number of rotatable bonds is 13. The number of hydrogen-bond acceptors (Lipinski definition) is 7. The SMILES string of the molecule is C=C(C/C=C/[C@@H](COCc1ccccc1)OC(=O)OCC)[C@H](C)[C@H](O)COC(=O)C(C)(C)C. The Morgan fingerprint density at radius 3 is 2.39 bits per heavy atom. The van der Waals surface area contributed by atoms with E-state index < -0.39 is 23.8 Å². The number of allylic oxidation sites excluding steroid dienone is 1. The third-order valence-corrected chi connectivity index (χ3v) is 4.85. The summed E-state index contributed by atoms with van der Waals surface area (Å²) in [6, 6.07) is 9.68. The molecule has 0 aliphatic rings. The zero-order valence-electron chi connectivity index (χ0n) is 20.4. The highest BCUT2D eigenvalue weighted by molar-refractivity contribution is 5.75. The molecule has 1 aromatic rings. The summed E-state index contributed by atoms with van der Waals surface area (Å²) in [4.78, 5) is 23.6. The highest BCUT2D eigenvalue weighted by atomic mass is 16.7. The Morgan fingerprint density at radius 2 is 1.79 bits per heavy atom. The number of ether oxygens (including phenoxy) is 4. The molecule has 0 heterocycles. The topological polar surface area (TPSA) is 91.3 Å². The summed E-state index contributed by atoms with van der Waals surface area (Å²) in [7, 11) is 0. The lowest BCUT2D eigenvalue weighted by molar-refractivity contribution is -0.156. The summed E-state index contributed by atoms with van der Waals surface area (Å²) in [6.45, 7) is 13.5. The molecule has 1 aromatic carbocycles. The van der Waals surface area contributed by atoms with E-state index >= 15 is 0 Å². The van der Waals surface area contributed by atoms with E-state index in [1.54, 1.807) is 33.8 Å². The van der Waals surface area contributed by atoms with Gasteiger partial charge in [-0.1, -0.05) is 55.5 Å². The van der Waals surface area contributed by atoms with Gasteiger partial charge >= 0.3 is 12.1 Å². The summed E-state index contributed by atoms with van der Waals surface area (Å²) in [5.74, 6) is -0.658. The Kier molecular flexibility index (Phi) is 12.5. The van der Waals surface area contributed by atoms with E-state index in [1.807, 2.05) is 43.3 Å². The Labute approximate surface area is 197 Å². The van der Waals surface area contributed by atoms with Crippen molar-refractivity contribution in [2.45, 2.75) is 59.9 Å². The smallest absolute Gasteiger partial charge is 0.463 e. The number of aliphatic hydroxyl groups excluding tert-OH is 1. The molecule has 0 radical (unpaired) electrons. The molecule has 1 N–H and O–H groups in total. The number of carbonyl (C=O) groups excluding carboxylic acids is 2. The van der Waals surface area contributed by atoms with Gasteiger partial charge in [0.25, 0.3) is 0 Å². The highest BCUT2D eigenvalue weighted by Crippen LogP contribution is 2.20. The Balaban J connectivity index is 2.57. The number of carbonyl (C=O) groups is 2. The van der Waals surface area contributed by atoms with Gasteiger partial charge < -0.3 is 24.1 Å². The summed E-state index contributed by atoms with van der Waals surface area (Å²) in [5.41, 5.74) is 1.14. The highest BCUT2D eigenvalue weighted by Gasteiger charge is 2.25. The molecule has 7 heteroatoms. The maximum Gasteiger partial charge on any atom is 0.508 e. The van der Waals surface area contributed by atoms with Crippen LogP contribution in [0.2, 0.25) is 0 Å². The molecule has 33 heavy (non-hydrogen) atoms. The average Bonchev–Trinajstić information content (AvgIpc) is 2.76. The summed E-state index contributed by atoms with van der Waals surface area (Å²) >= 11 is 0. The first-order chi connectivity index (χ1) is 15.5. The molecule has 0 spiro atoms. The van der Waals surface area contributed by atoms with Gasteiger partial charge in [-0.2, -0.15) is 0 Å². The van der Waals surface area contributed by atoms with Gasteiger partial charge in [0.1, 0.15) is 12.7 Å². The van der Waals surface area contributed by atoms with Crippen LogP contribution in [0.3, 0.4) is 0 Å². The van der Waals surface area contributed by atoms with E-state index in [9.17, 15) is 14.7 Å². The maximum atomic E-state index is 11.9. The van der Waals surface area contributed by atoms with Gasteiger partial charge in [0.2, 0.25) is 0 Å². The predicted molar refractivity (Wildman–Crippen MR) is 126 cm³/mol. The van der Waals surface area contributed by atoms with Gasteiger partial charge in [-0.05, 0) is 45.8 Å². The molecule has 3 atom stereocenters. The Morgan fingerprint density at radius 1 is 1.12 bits per heavy atom. The lowest BCUT2D eigenvalue weighted by Crippen LogP contribution is -2.30. The van der Waals surface area contributed by atoms with Crippen LogP contribution >= 0.6 is 0 Å². The molecule has 0 aliphatic heterocycles. The molecule has 0 unspecified atom stereocenters. The standard InChI is InChI=1S/C26H38O7/c1-7-31-25(29)33-22(17-30-16-21-13-9-8-10-14-21)15-11-12-19(2)20(3)23(27)18-32-24(28)26(4,5)6/h8-11,13-15,20,22-23,27H,2,7,12,16-18H2,1,3-6H3/b15-11+/t20-,22-,23+/m0/s1. The summed E-state index contributed by atoms with van der Waals surface area (Å²) in [5, 5.41) is 10.3. The third-order valence-electron chi connectivity index (χ3n) is 4.85. The lowest BCUT2D eigenvalue weighted by atomic mass is 9.94. The first-order valence-electron chi connectivity index (χ1n) is 11.2. The largest absolute Gasteiger partial charge is 0.508 e. The van der Waals surface area contributed by atoms with Crippen molar-refractivity contribution in [1.82, 2.24) is 0 Å². The quantitative estimate of drug-likeness (QED) is 0.331. The third kappa shape index (κ3) is 11.7. The van der Waals surface area contributed by atoms with Gasteiger partial charge in [0, 0.05) is 5.92 Å². The second kappa shape index (κ2) is 14.5. The van der Waals surface area contributed by atoms with Crippen molar-refractivity contribution in [2.24, 2.45) is 11.3 Å². The Hall–Kier alpha value is -2.64. The van der Waals surface area contributed by atoms with E-state index in [2.05, 4.69) is 6.58 Å². The van der Waals surface area contributed by atoms with Crippen LogP contribution in [-0.2, 0) is 30.3 Å². The molecule has 0 aromatic heterocycles. The number of hydrogen-bond donors (Lipinski definition) is 1. The number of benzene rings is 1. The van der Waals surface area contributed by atoms with Crippen molar-refractivity contribution in [3.05, 3.63) is 60.2 Å². The van der Waals surface area contributed by atoms with E-state index in [0.717, 1.165) is 11.1 Å². The van der Waals surface area contributed by atoms with Crippen molar-refractivity contribution in [3.8, 4) is 0 Å². The van der Waals surface area contributed by atoms with Crippen LogP contribution in [0, 0.1) is 11.3 Å². The maximum absolute atomic E-state index is 11.9. The first-order valence-corrected chi connectivity index (χ1v) is 11.2. The second-order valence-electron chi connectivity index (χ2n) is 8.84. The minimum atomic E-state index is -0.863. The van der Waals surface area contributed by atoms with Crippen LogP contribution in [0.1, 0.15) is 46.6 Å². The van der Waals surface area contributed by atoms with Crippen molar-refractivity contribution in [2.75, 3.05) is 19.8 Å². The van der Waals surface area contributed by atoms with Crippen LogP contribution in [0.25, 0.3) is 0 Å². The van der Waals surface area contributed by atoms with E-state index in [4.69, 9.17) is 18.9 Å². The zero-order chi connectivity index (χ0) is 24.9. The van der Waals surface area contributed by atoms with Crippen LogP contribution in [0.4, 0.5) is 4.79 Å². The molecule has 0 amide bonds. The van der Waals surface area contributed by atoms with Crippen molar-refractivity contribution >= 4 is 12.1 Å². The van der Waals surface area contributed by atoms with Gasteiger partial charge in [-0.25, -0.2) is 4.79 Å². The summed E-state index contributed by atoms with van der Waals surface area (Å²) < 4.78 is 21.1. The van der Waals surface area contributed by atoms with Crippen LogP contribution < -0.4 is 0 Å². The fourth-order valence-electron chi connectivity index (χ4n) is 2.62. The molecule has 0 fully saturated rings. The second-order valence-corrected chi connectivity index (χ2v) is 8.84. The van der Waals surface area contributed by atoms with E-state index in [1.165, 1.54) is 0 Å².